The highest BCUT2D eigenvalue weighted by Crippen LogP contribution is 2.28. The molecule has 6 heteroatoms. The molecule has 1 atom stereocenters. The molecule has 0 radical (unpaired) electrons. The van der Waals surface area contributed by atoms with Crippen molar-refractivity contribution in [3.05, 3.63) is 23.9 Å². The van der Waals surface area contributed by atoms with Crippen LogP contribution in [0.2, 0.25) is 0 Å². The fourth-order valence-corrected chi connectivity index (χ4v) is 2.72. The van der Waals surface area contributed by atoms with Gasteiger partial charge in [0.05, 0.1) is 5.56 Å². The Morgan fingerprint density at radius 2 is 2.05 bits per heavy atom. The molecule has 1 fully saturated rings. The van der Waals surface area contributed by atoms with Crippen LogP contribution < -0.4 is 11.1 Å². The first-order chi connectivity index (χ1) is 9.59. The highest BCUT2D eigenvalue weighted by atomic mass is 16.4. The molecule has 20 heavy (non-hydrogen) atoms. The third-order valence-corrected chi connectivity index (χ3v) is 3.75. The Morgan fingerprint density at radius 1 is 1.35 bits per heavy atom. The number of nitrogens with two attached hydrogens (primary N) is 1. The van der Waals surface area contributed by atoms with E-state index < -0.39 is 17.9 Å². The van der Waals surface area contributed by atoms with E-state index in [-0.39, 0.29) is 17.3 Å². The summed E-state index contributed by atoms with van der Waals surface area (Å²) in [6.45, 7) is 0. The predicted octanol–water partition coefficient (Wildman–Crippen LogP) is 1.63. The maximum atomic E-state index is 11.5. The number of primary amides is 1. The number of carbonyl (C=O) groups is 2. The smallest absolute Gasteiger partial charge is 0.326 e. The summed E-state index contributed by atoms with van der Waals surface area (Å²) in [5, 5.41) is 12.3. The number of hydrogen-bond acceptors (Lipinski definition) is 4. The van der Waals surface area contributed by atoms with E-state index in [0.717, 1.165) is 32.1 Å². The van der Waals surface area contributed by atoms with Gasteiger partial charge in [-0.3, -0.25) is 4.79 Å². The Kier molecular flexibility index (Phi) is 4.55. The Hall–Kier alpha value is -2.11. The molecule has 2 rings (SSSR count). The topological polar surface area (TPSA) is 105 Å². The largest absolute Gasteiger partial charge is 0.480 e. The molecule has 0 aromatic carbocycles. The minimum Gasteiger partial charge on any atom is -0.480 e. The number of hydrogen-bond donors (Lipinski definition) is 3. The number of pyridine rings is 1. The molecule has 1 heterocycles. The van der Waals surface area contributed by atoms with Gasteiger partial charge in [0.15, 0.2) is 0 Å². The van der Waals surface area contributed by atoms with E-state index in [1.54, 1.807) is 6.07 Å². The van der Waals surface area contributed by atoms with Gasteiger partial charge in [-0.25, -0.2) is 9.78 Å². The number of anilines is 1. The molecule has 0 spiro atoms. The SMILES string of the molecule is NC(=O)c1cccnc1NC(C(=O)O)C1CCCCC1. The van der Waals surface area contributed by atoms with Crippen LogP contribution in [0, 0.1) is 5.92 Å². The maximum absolute atomic E-state index is 11.5. The van der Waals surface area contributed by atoms with Crippen LogP contribution in [0.25, 0.3) is 0 Å². The quantitative estimate of drug-likeness (QED) is 0.758. The summed E-state index contributed by atoms with van der Waals surface area (Å²) in [5.74, 6) is -1.23. The van der Waals surface area contributed by atoms with Crippen molar-refractivity contribution in [3.8, 4) is 0 Å². The van der Waals surface area contributed by atoms with Gasteiger partial charge in [0.1, 0.15) is 11.9 Å². The number of rotatable bonds is 5. The molecule has 1 aromatic rings. The summed E-state index contributed by atoms with van der Waals surface area (Å²) in [4.78, 5) is 26.9. The summed E-state index contributed by atoms with van der Waals surface area (Å²) >= 11 is 0. The van der Waals surface area contributed by atoms with Crippen molar-refractivity contribution >= 4 is 17.7 Å². The Labute approximate surface area is 117 Å². The first-order valence-electron chi connectivity index (χ1n) is 6.83. The molecule has 0 aliphatic heterocycles. The first-order valence-corrected chi connectivity index (χ1v) is 6.83. The van der Waals surface area contributed by atoms with Crippen molar-refractivity contribution < 1.29 is 14.7 Å². The average molecular weight is 277 g/mol. The zero-order chi connectivity index (χ0) is 14.5. The third kappa shape index (κ3) is 3.26. The maximum Gasteiger partial charge on any atom is 0.326 e. The summed E-state index contributed by atoms with van der Waals surface area (Å²) in [6.07, 6.45) is 6.50. The van der Waals surface area contributed by atoms with Crippen LogP contribution in [-0.2, 0) is 4.79 Å². The molecule has 1 aromatic heterocycles. The van der Waals surface area contributed by atoms with Crippen molar-refractivity contribution in [3.63, 3.8) is 0 Å². The summed E-state index contributed by atoms with van der Waals surface area (Å²) in [6, 6.07) is 2.40. The zero-order valence-corrected chi connectivity index (χ0v) is 11.2. The molecule has 0 saturated heterocycles. The average Bonchev–Trinajstić information content (AvgIpc) is 2.45. The van der Waals surface area contributed by atoms with E-state index in [0.29, 0.717) is 0 Å². The Balaban J connectivity index is 2.20. The summed E-state index contributed by atoms with van der Waals surface area (Å²) in [7, 11) is 0. The van der Waals surface area contributed by atoms with Gasteiger partial charge in [-0.15, -0.1) is 0 Å². The van der Waals surface area contributed by atoms with E-state index in [1.165, 1.54) is 12.3 Å². The molecular formula is C14H19N3O3. The minimum atomic E-state index is -0.919. The van der Waals surface area contributed by atoms with Crippen LogP contribution in [0.3, 0.4) is 0 Å². The van der Waals surface area contributed by atoms with Crippen LogP contribution in [0.1, 0.15) is 42.5 Å². The molecule has 1 aliphatic rings. The summed E-state index contributed by atoms with van der Waals surface area (Å²) < 4.78 is 0. The van der Waals surface area contributed by atoms with Crippen LogP contribution in [0.5, 0.6) is 0 Å². The molecule has 108 valence electrons. The van der Waals surface area contributed by atoms with Gasteiger partial charge in [0.25, 0.3) is 5.91 Å². The van der Waals surface area contributed by atoms with Gasteiger partial charge in [-0.1, -0.05) is 19.3 Å². The van der Waals surface area contributed by atoms with Crippen LogP contribution in [-0.4, -0.2) is 28.0 Å². The lowest BCUT2D eigenvalue weighted by Gasteiger charge is -2.28. The van der Waals surface area contributed by atoms with Crippen molar-refractivity contribution in [1.29, 1.82) is 0 Å². The van der Waals surface area contributed by atoms with Crippen molar-refractivity contribution in [2.45, 2.75) is 38.1 Å². The molecular weight excluding hydrogens is 258 g/mol. The molecule has 6 nitrogen and oxygen atoms in total. The van der Waals surface area contributed by atoms with Gasteiger partial charge in [-0.05, 0) is 30.9 Å². The number of aliphatic carboxylic acids is 1. The standard InChI is InChI=1S/C14H19N3O3/c15-12(18)10-7-4-8-16-13(10)17-11(14(19)20)9-5-2-1-3-6-9/h4,7-9,11H,1-3,5-6H2,(H2,15,18)(H,16,17)(H,19,20). The molecule has 4 N–H and O–H groups in total. The molecule has 1 saturated carbocycles. The van der Waals surface area contributed by atoms with Gasteiger partial charge in [-0.2, -0.15) is 0 Å². The number of nitrogens with zero attached hydrogens (tertiary/aromatic N) is 1. The van der Waals surface area contributed by atoms with Crippen molar-refractivity contribution in [1.82, 2.24) is 4.98 Å². The Morgan fingerprint density at radius 3 is 2.65 bits per heavy atom. The van der Waals surface area contributed by atoms with E-state index in [4.69, 9.17) is 5.73 Å². The second kappa shape index (κ2) is 6.36. The van der Waals surface area contributed by atoms with Gasteiger partial charge in [0.2, 0.25) is 0 Å². The lowest BCUT2D eigenvalue weighted by molar-refractivity contribution is -0.139. The normalized spacial score (nSPS) is 17.4. The number of amides is 1. The fraction of sp³-hybridized carbons (Fsp3) is 0.500. The third-order valence-electron chi connectivity index (χ3n) is 3.75. The van der Waals surface area contributed by atoms with Gasteiger partial charge in [0, 0.05) is 6.20 Å². The second-order valence-electron chi connectivity index (χ2n) is 5.12. The van der Waals surface area contributed by atoms with E-state index >= 15 is 0 Å². The fourth-order valence-electron chi connectivity index (χ4n) is 2.72. The zero-order valence-electron chi connectivity index (χ0n) is 11.2. The lowest BCUT2D eigenvalue weighted by Crippen LogP contribution is -2.38. The van der Waals surface area contributed by atoms with Crippen LogP contribution in [0.15, 0.2) is 18.3 Å². The van der Waals surface area contributed by atoms with E-state index in [2.05, 4.69) is 10.3 Å². The van der Waals surface area contributed by atoms with E-state index in [9.17, 15) is 14.7 Å². The minimum absolute atomic E-state index is 0.0592. The van der Waals surface area contributed by atoms with Crippen molar-refractivity contribution in [2.75, 3.05) is 5.32 Å². The van der Waals surface area contributed by atoms with E-state index in [1.807, 2.05) is 0 Å². The van der Waals surface area contributed by atoms with Gasteiger partial charge < -0.3 is 16.2 Å². The number of carboxylic acid groups (broad SMARTS) is 1. The second-order valence-corrected chi connectivity index (χ2v) is 5.12. The monoisotopic (exact) mass is 277 g/mol. The highest BCUT2D eigenvalue weighted by Gasteiger charge is 2.30. The molecule has 1 unspecified atom stereocenters. The number of aromatic nitrogens is 1. The lowest BCUT2D eigenvalue weighted by atomic mass is 9.84. The number of nitrogens with one attached hydrogen (secondary N) is 1. The first kappa shape index (κ1) is 14.3. The predicted molar refractivity (Wildman–Crippen MR) is 74.4 cm³/mol. The van der Waals surface area contributed by atoms with Crippen molar-refractivity contribution in [2.24, 2.45) is 11.7 Å². The molecule has 0 bridgehead atoms. The molecule has 1 amide bonds. The number of carbonyl (C=O) groups excluding carboxylic acids is 1. The highest BCUT2D eigenvalue weighted by molar-refractivity contribution is 5.98. The van der Waals surface area contributed by atoms with Crippen LogP contribution in [0.4, 0.5) is 5.82 Å². The van der Waals surface area contributed by atoms with Gasteiger partial charge >= 0.3 is 5.97 Å². The Bertz CT molecular complexity index is 498. The van der Waals surface area contributed by atoms with Crippen LogP contribution >= 0.6 is 0 Å². The molecule has 1 aliphatic carbocycles. The number of carboxylic acids is 1. The summed E-state index contributed by atoms with van der Waals surface area (Å²) in [5.41, 5.74) is 5.50.